The van der Waals surface area contributed by atoms with Gasteiger partial charge in [-0.3, -0.25) is 4.79 Å². The van der Waals surface area contributed by atoms with Crippen LogP contribution in [-0.2, 0) is 20.7 Å². The van der Waals surface area contributed by atoms with Crippen LogP contribution in [0.15, 0.2) is 85.3 Å². The minimum Gasteiger partial charge on any atom is -0.498 e. The molecule has 2 heterocycles. The third-order valence-corrected chi connectivity index (χ3v) is 6.34. The van der Waals surface area contributed by atoms with Gasteiger partial charge in [-0.05, 0) is 68.7 Å². The number of carboxylic acid groups (broad SMARTS) is 1. The topological polar surface area (TPSA) is 91.8 Å². The van der Waals surface area contributed by atoms with E-state index in [0.29, 0.717) is 43.2 Å². The van der Waals surface area contributed by atoms with E-state index in [0.717, 1.165) is 43.7 Å². The number of piperidine rings is 1. The van der Waals surface area contributed by atoms with Crippen LogP contribution in [0.2, 0.25) is 0 Å². The van der Waals surface area contributed by atoms with Crippen molar-refractivity contribution in [1.29, 1.82) is 0 Å². The average Bonchev–Trinajstić information content (AvgIpc) is 2.99. The minimum atomic E-state index is -0.931. The molecule has 1 saturated heterocycles. The zero-order valence-corrected chi connectivity index (χ0v) is 24.7. The molecule has 1 aliphatic heterocycles. The van der Waals surface area contributed by atoms with Crippen molar-refractivity contribution in [3.8, 4) is 0 Å². The fourth-order valence-electron chi connectivity index (χ4n) is 4.30. The zero-order valence-electron chi connectivity index (χ0n) is 24.7. The first-order chi connectivity index (χ1) is 19.4. The van der Waals surface area contributed by atoms with E-state index in [1.165, 1.54) is 0 Å². The van der Waals surface area contributed by atoms with Gasteiger partial charge in [-0.1, -0.05) is 57.2 Å². The number of ether oxygens (including phenoxy) is 1. The fraction of sp³-hybridized carbons (Fsp3) is 0.424. The maximum Gasteiger partial charge on any atom is 0.335 e. The number of carboxylic acids is 1. The second kappa shape index (κ2) is 20.1. The molecule has 2 N–H and O–H groups in total. The lowest BCUT2D eigenvalue weighted by Crippen LogP contribution is -2.34. The molecule has 0 radical (unpaired) electrons. The lowest BCUT2D eigenvalue weighted by molar-refractivity contribution is -0.132. The summed E-state index contributed by atoms with van der Waals surface area (Å²) in [4.78, 5) is 30.3. The number of aryl methyl sites for hydroxylation is 1. The lowest BCUT2D eigenvalue weighted by atomic mass is 9.94. The Balaban J connectivity index is 0.00000191. The van der Waals surface area contributed by atoms with Crippen molar-refractivity contribution in [3.05, 3.63) is 90.9 Å². The number of carbonyl (C=O) groups is 2. The first-order valence-electron chi connectivity index (χ1n) is 14.2. The van der Waals surface area contributed by atoms with E-state index in [-0.39, 0.29) is 11.5 Å². The molecular formula is C33H47N3O4. The van der Waals surface area contributed by atoms with Gasteiger partial charge in [0, 0.05) is 19.5 Å². The summed E-state index contributed by atoms with van der Waals surface area (Å²) < 4.78 is 5.77. The minimum absolute atomic E-state index is 0.0120. The van der Waals surface area contributed by atoms with Crippen molar-refractivity contribution in [2.75, 3.05) is 29.9 Å². The zero-order chi connectivity index (χ0) is 29.8. The molecule has 7 heteroatoms. The van der Waals surface area contributed by atoms with E-state index in [1.54, 1.807) is 25.3 Å². The highest BCUT2D eigenvalue weighted by Gasteiger charge is 2.20. The Morgan fingerprint density at radius 2 is 1.80 bits per heavy atom. The Hall–Kier alpha value is -3.87. The van der Waals surface area contributed by atoms with Gasteiger partial charge in [0.05, 0.1) is 29.8 Å². The van der Waals surface area contributed by atoms with E-state index in [4.69, 9.17) is 4.74 Å². The predicted molar refractivity (Wildman–Crippen MR) is 166 cm³/mol. The number of hydrogen-bond acceptors (Lipinski definition) is 5. The van der Waals surface area contributed by atoms with Crippen LogP contribution in [0.4, 0.5) is 11.5 Å². The summed E-state index contributed by atoms with van der Waals surface area (Å²) in [5, 5.41) is 12.2. The van der Waals surface area contributed by atoms with E-state index in [2.05, 4.69) is 28.4 Å². The molecule has 2 aromatic rings. The first kappa shape index (κ1) is 34.2. The van der Waals surface area contributed by atoms with E-state index >= 15 is 0 Å². The lowest BCUT2D eigenvalue weighted by Gasteiger charge is -2.32. The highest BCUT2D eigenvalue weighted by molar-refractivity contribution is 5.91. The normalized spacial score (nSPS) is 13.8. The fourth-order valence-corrected chi connectivity index (χ4v) is 4.30. The molecule has 1 fully saturated rings. The summed E-state index contributed by atoms with van der Waals surface area (Å²) in [6.45, 7) is 16.2. The average molecular weight is 550 g/mol. The summed E-state index contributed by atoms with van der Waals surface area (Å²) in [5.41, 5.74) is 2.14. The molecule has 218 valence electrons. The second-order valence-corrected chi connectivity index (χ2v) is 9.13. The molecule has 7 nitrogen and oxygen atoms in total. The Kier molecular flexibility index (Phi) is 17.2. The number of aromatic nitrogens is 1. The molecule has 0 unspecified atom stereocenters. The van der Waals surface area contributed by atoms with Crippen molar-refractivity contribution in [3.63, 3.8) is 0 Å². The van der Waals surface area contributed by atoms with Crippen molar-refractivity contribution in [1.82, 2.24) is 4.98 Å². The van der Waals surface area contributed by atoms with Crippen LogP contribution >= 0.6 is 0 Å². The van der Waals surface area contributed by atoms with Gasteiger partial charge < -0.3 is 20.1 Å². The highest BCUT2D eigenvalue weighted by atomic mass is 16.5. The van der Waals surface area contributed by atoms with Crippen molar-refractivity contribution in [2.24, 2.45) is 5.92 Å². The molecule has 1 aromatic carbocycles. The van der Waals surface area contributed by atoms with Gasteiger partial charge in [0.1, 0.15) is 5.82 Å². The van der Waals surface area contributed by atoms with Crippen LogP contribution in [0.25, 0.3) is 0 Å². The number of amides is 1. The summed E-state index contributed by atoms with van der Waals surface area (Å²) in [5.74, 6) is 1.18. The van der Waals surface area contributed by atoms with Crippen LogP contribution in [-0.4, -0.2) is 41.7 Å². The van der Waals surface area contributed by atoms with Crippen molar-refractivity contribution < 1.29 is 19.4 Å². The number of allylic oxidation sites excluding steroid dienone is 2. The van der Waals surface area contributed by atoms with Crippen LogP contribution in [0.1, 0.15) is 65.4 Å². The number of anilines is 2. The van der Waals surface area contributed by atoms with Crippen molar-refractivity contribution in [2.45, 2.75) is 66.2 Å². The van der Waals surface area contributed by atoms with Gasteiger partial charge in [0.15, 0.2) is 0 Å². The predicted octanol–water partition coefficient (Wildman–Crippen LogP) is 7.43. The van der Waals surface area contributed by atoms with Gasteiger partial charge in [-0.25, -0.2) is 9.78 Å². The van der Waals surface area contributed by atoms with Crippen molar-refractivity contribution >= 4 is 23.4 Å². The molecule has 1 aliphatic rings. The summed E-state index contributed by atoms with van der Waals surface area (Å²) in [7, 11) is 0. The van der Waals surface area contributed by atoms with E-state index < -0.39 is 5.97 Å². The van der Waals surface area contributed by atoms with Gasteiger partial charge >= 0.3 is 5.97 Å². The number of aliphatic carboxylic acids is 1. The second-order valence-electron chi connectivity index (χ2n) is 9.13. The number of rotatable bonds is 12. The molecular weight excluding hydrogens is 502 g/mol. The van der Waals surface area contributed by atoms with E-state index in [1.807, 2.05) is 63.2 Å². The van der Waals surface area contributed by atoms with Gasteiger partial charge in [-0.15, -0.1) is 13.2 Å². The maximum absolute atomic E-state index is 12.3. The largest absolute Gasteiger partial charge is 0.498 e. The SMILES string of the molecule is C=C.CC.CC/C=C(\C=C(/C)OCCC1CCN(c2ccc(NC(=O)CCc3ccccc3)cn2)CC1)C(=O)O. The maximum atomic E-state index is 12.3. The van der Waals surface area contributed by atoms with Gasteiger partial charge in [-0.2, -0.15) is 0 Å². The van der Waals surface area contributed by atoms with Crippen LogP contribution < -0.4 is 10.2 Å². The summed E-state index contributed by atoms with van der Waals surface area (Å²) in [6.07, 6.45) is 9.89. The molecule has 0 saturated carbocycles. The van der Waals surface area contributed by atoms with Crippen LogP contribution in [0, 0.1) is 5.92 Å². The Bertz CT molecular complexity index is 1060. The van der Waals surface area contributed by atoms with Crippen LogP contribution in [0.3, 0.4) is 0 Å². The molecule has 0 bridgehead atoms. The molecule has 40 heavy (non-hydrogen) atoms. The van der Waals surface area contributed by atoms with Crippen LogP contribution in [0.5, 0.6) is 0 Å². The number of benzene rings is 1. The summed E-state index contributed by atoms with van der Waals surface area (Å²) >= 11 is 0. The van der Waals surface area contributed by atoms with E-state index in [9.17, 15) is 14.7 Å². The standard InChI is InChI=1S/C29H37N3O4.C2H6.C2H4/c1-3-7-25(29(34)35)20-22(2)36-19-16-24-14-17-32(18-15-24)27-12-11-26(21-30-27)31-28(33)13-10-23-8-5-4-6-9-23;2*1-2/h4-9,11-12,20-21,24H,3,10,13-19H2,1-2H3,(H,31,33)(H,34,35);1-2H3;1-2H2/b22-20+,25-7+;;. The Morgan fingerprint density at radius 3 is 2.38 bits per heavy atom. The number of nitrogens with one attached hydrogen (secondary N) is 1. The highest BCUT2D eigenvalue weighted by Crippen LogP contribution is 2.25. The number of carbonyl (C=O) groups excluding carboxylic acids is 1. The Morgan fingerprint density at radius 1 is 1.12 bits per heavy atom. The molecule has 1 aromatic heterocycles. The molecule has 0 atom stereocenters. The molecule has 0 aliphatic carbocycles. The summed E-state index contributed by atoms with van der Waals surface area (Å²) in [6, 6.07) is 13.9. The third kappa shape index (κ3) is 12.8. The number of hydrogen-bond donors (Lipinski definition) is 2. The Labute approximate surface area is 240 Å². The third-order valence-electron chi connectivity index (χ3n) is 6.34. The van der Waals surface area contributed by atoms with Gasteiger partial charge in [0.2, 0.25) is 5.91 Å². The molecule has 1 amide bonds. The number of pyridine rings is 1. The first-order valence-corrected chi connectivity index (χ1v) is 14.2. The molecule has 0 spiro atoms. The molecule has 3 rings (SSSR count). The number of nitrogens with zero attached hydrogens (tertiary/aromatic N) is 2. The van der Waals surface area contributed by atoms with Gasteiger partial charge in [0.25, 0.3) is 0 Å². The quantitative estimate of drug-likeness (QED) is 0.124. The monoisotopic (exact) mass is 549 g/mol. The smallest absolute Gasteiger partial charge is 0.335 e.